The molecule has 3 aromatic rings. The molecule has 5 nitrogen and oxygen atoms in total. The van der Waals surface area contributed by atoms with Gasteiger partial charge in [-0.3, -0.25) is 9.89 Å². The van der Waals surface area contributed by atoms with Crippen LogP contribution < -0.4 is 9.47 Å². The standard InChI is InChI=1S/C16H12N2O3/c1-9-2-4-10(5-3-9)16(19)15-11-6-13-14(21-8-20-13)7-12(11)17-18-15/h2-7H,8H2,1H3,(H,17,18). The maximum atomic E-state index is 12.6. The summed E-state index contributed by atoms with van der Waals surface area (Å²) in [6.45, 7) is 2.19. The van der Waals surface area contributed by atoms with Crippen LogP contribution in [-0.4, -0.2) is 22.8 Å². The fourth-order valence-electron chi connectivity index (χ4n) is 2.42. The van der Waals surface area contributed by atoms with E-state index in [9.17, 15) is 4.79 Å². The number of fused-ring (bicyclic) bond motifs is 2. The van der Waals surface area contributed by atoms with E-state index in [4.69, 9.17) is 9.47 Å². The second kappa shape index (κ2) is 4.34. The van der Waals surface area contributed by atoms with Gasteiger partial charge >= 0.3 is 0 Å². The molecule has 0 unspecified atom stereocenters. The highest BCUT2D eigenvalue weighted by atomic mass is 16.7. The number of aryl methyl sites for hydroxylation is 1. The Kier molecular flexibility index (Phi) is 2.47. The van der Waals surface area contributed by atoms with Crippen LogP contribution in [0.3, 0.4) is 0 Å². The number of hydrogen-bond acceptors (Lipinski definition) is 4. The normalized spacial score (nSPS) is 12.8. The van der Waals surface area contributed by atoms with Crippen molar-refractivity contribution in [1.82, 2.24) is 10.2 Å². The van der Waals surface area contributed by atoms with E-state index in [1.807, 2.05) is 31.2 Å². The summed E-state index contributed by atoms with van der Waals surface area (Å²) in [5, 5.41) is 7.76. The Hall–Kier alpha value is -2.82. The lowest BCUT2D eigenvalue weighted by atomic mass is 10.0. The second-order valence-electron chi connectivity index (χ2n) is 5.02. The first-order valence-corrected chi connectivity index (χ1v) is 6.61. The van der Waals surface area contributed by atoms with Crippen molar-refractivity contribution in [3.63, 3.8) is 0 Å². The molecule has 0 saturated carbocycles. The molecule has 0 saturated heterocycles. The summed E-state index contributed by atoms with van der Waals surface area (Å²) in [6, 6.07) is 11.0. The zero-order chi connectivity index (χ0) is 14.4. The van der Waals surface area contributed by atoms with Crippen LogP contribution in [-0.2, 0) is 0 Å². The third kappa shape index (κ3) is 1.86. The van der Waals surface area contributed by atoms with Crippen LogP contribution >= 0.6 is 0 Å². The number of ketones is 1. The summed E-state index contributed by atoms with van der Waals surface area (Å²) in [6.07, 6.45) is 0. The van der Waals surface area contributed by atoms with E-state index in [1.54, 1.807) is 12.1 Å². The summed E-state index contributed by atoms with van der Waals surface area (Å²) >= 11 is 0. The molecule has 21 heavy (non-hydrogen) atoms. The van der Waals surface area contributed by atoms with E-state index in [-0.39, 0.29) is 12.6 Å². The van der Waals surface area contributed by atoms with Crippen LogP contribution in [0.1, 0.15) is 21.6 Å². The van der Waals surface area contributed by atoms with Gasteiger partial charge in [-0.2, -0.15) is 5.10 Å². The lowest BCUT2D eigenvalue weighted by Crippen LogP contribution is -2.02. The molecule has 4 rings (SSSR count). The van der Waals surface area contributed by atoms with Gasteiger partial charge in [0, 0.05) is 17.0 Å². The molecule has 5 heteroatoms. The van der Waals surface area contributed by atoms with Gasteiger partial charge in [0.15, 0.2) is 11.5 Å². The van der Waals surface area contributed by atoms with Gasteiger partial charge in [0.05, 0.1) is 5.52 Å². The lowest BCUT2D eigenvalue weighted by Gasteiger charge is -2.00. The van der Waals surface area contributed by atoms with Crippen molar-refractivity contribution in [2.75, 3.05) is 6.79 Å². The molecule has 2 heterocycles. The molecule has 1 N–H and O–H groups in total. The number of hydrogen-bond donors (Lipinski definition) is 1. The molecule has 1 aliphatic heterocycles. The van der Waals surface area contributed by atoms with Crippen LogP contribution in [0, 0.1) is 6.92 Å². The van der Waals surface area contributed by atoms with Crippen LogP contribution in [0.4, 0.5) is 0 Å². The molecule has 1 aliphatic rings. The van der Waals surface area contributed by atoms with E-state index in [0.29, 0.717) is 22.8 Å². The van der Waals surface area contributed by atoms with Gasteiger partial charge < -0.3 is 9.47 Å². The van der Waals surface area contributed by atoms with Gasteiger partial charge in [-0.1, -0.05) is 29.8 Å². The number of ether oxygens (including phenoxy) is 2. The van der Waals surface area contributed by atoms with E-state index >= 15 is 0 Å². The summed E-state index contributed by atoms with van der Waals surface area (Å²) < 4.78 is 10.7. The Labute approximate surface area is 120 Å². The van der Waals surface area contributed by atoms with Crippen molar-refractivity contribution in [3.05, 3.63) is 53.2 Å². The largest absolute Gasteiger partial charge is 0.454 e. The fraction of sp³-hybridized carbons (Fsp3) is 0.125. The van der Waals surface area contributed by atoms with Crippen molar-refractivity contribution >= 4 is 16.7 Å². The van der Waals surface area contributed by atoms with Gasteiger partial charge in [-0.25, -0.2) is 0 Å². The average molecular weight is 280 g/mol. The second-order valence-corrected chi connectivity index (χ2v) is 5.02. The van der Waals surface area contributed by atoms with Crippen molar-refractivity contribution < 1.29 is 14.3 Å². The first-order valence-electron chi connectivity index (χ1n) is 6.61. The minimum absolute atomic E-state index is 0.111. The molecular formula is C16H12N2O3. The highest BCUT2D eigenvalue weighted by Crippen LogP contribution is 2.36. The highest BCUT2D eigenvalue weighted by Gasteiger charge is 2.21. The van der Waals surface area contributed by atoms with E-state index in [1.165, 1.54) is 0 Å². The first-order chi connectivity index (χ1) is 10.2. The van der Waals surface area contributed by atoms with E-state index in [0.717, 1.165) is 16.5 Å². The first kappa shape index (κ1) is 12.0. The minimum atomic E-state index is -0.111. The molecular weight excluding hydrogens is 268 g/mol. The molecule has 104 valence electrons. The summed E-state index contributed by atoms with van der Waals surface area (Å²) in [5.74, 6) is 1.20. The third-order valence-corrected chi connectivity index (χ3v) is 3.58. The number of carbonyl (C=O) groups excluding carboxylic acids is 1. The molecule has 0 atom stereocenters. The number of nitrogens with one attached hydrogen (secondary N) is 1. The van der Waals surface area contributed by atoms with Gasteiger partial charge in [-0.05, 0) is 13.0 Å². The Morgan fingerprint density at radius 1 is 1.14 bits per heavy atom. The van der Waals surface area contributed by atoms with Crippen molar-refractivity contribution in [2.45, 2.75) is 6.92 Å². The van der Waals surface area contributed by atoms with Crippen LogP contribution in [0.15, 0.2) is 36.4 Å². The van der Waals surface area contributed by atoms with Gasteiger partial charge in [0.25, 0.3) is 0 Å². The maximum Gasteiger partial charge on any atom is 0.231 e. The Balaban J connectivity index is 1.83. The van der Waals surface area contributed by atoms with E-state index < -0.39 is 0 Å². The molecule has 1 aromatic heterocycles. The molecule has 2 aromatic carbocycles. The van der Waals surface area contributed by atoms with Crippen LogP contribution in [0.25, 0.3) is 10.9 Å². The SMILES string of the molecule is Cc1ccc(C(=O)c2n[nH]c3cc4c(cc23)OCO4)cc1. The average Bonchev–Trinajstić information content (AvgIpc) is 3.10. The van der Waals surface area contributed by atoms with Crippen molar-refractivity contribution in [3.8, 4) is 11.5 Å². The summed E-state index contributed by atoms with van der Waals surface area (Å²) in [7, 11) is 0. The predicted molar refractivity (Wildman–Crippen MR) is 76.8 cm³/mol. The van der Waals surface area contributed by atoms with Crippen molar-refractivity contribution in [2.24, 2.45) is 0 Å². The molecule has 0 radical (unpaired) electrons. The number of carbonyl (C=O) groups is 1. The third-order valence-electron chi connectivity index (χ3n) is 3.58. The predicted octanol–water partition coefficient (Wildman–Crippen LogP) is 2.83. The fourth-order valence-corrected chi connectivity index (χ4v) is 2.42. The van der Waals surface area contributed by atoms with E-state index in [2.05, 4.69) is 10.2 Å². The maximum absolute atomic E-state index is 12.6. The number of aromatic nitrogens is 2. The Morgan fingerprint density at radius 2 is 1.86 bits per heavy atom. The lowest BCUT2D eigenvalue weighted by molar-refractivity contribution is 0.103. The zero-order valence-electron chi connectivity index (χ0n) is 11.3. The topological polar surface area (TPSA) is 64.2 Å². The molecule has 0 bridgehead atoms. The van der Waals surface area contributed by atoms with Gasteiger partial charge in [-0.15, -0.1) is 0 Å². The monoisotopic (exact) mass is 280 g/mol. The molecule has 0 aliphatic carbocycles. The van der Waals surface area contributed by atoms with Crippen LogP contribution in [0.2, 0.25) is 0 Å². The van der Waals surface area contributed by atoms with Gasteiger partial charge in [0.2, 0.25) is 12.6 Å². The number of H-pyrrole nitrogens is 1. The van der Waals surface area contributed by atoms with Crippen LogP contribution in [0.5, 0.6) is 11.5 Å². The summed E-state index contributed by atoms with van der Waals surface area (Å²) in [5.41, 5.74) is 2.88. The number of aromatic amines is 1. The van der Waals surface area contributed by atoms with Crippen molar-refractivity contribution in [1.29, 1.82) is 0 Å². The quantitative estimate of drug-likeness (QED) is 0.733. The van der Waals surface area contributed by atoms with Gasteiger partial charge in [0.1, 0.15) is 5.69 Å². The summed E-state index contributed by atoms with van der Waals surface area (Å²) in [4.78, 5) is 12.6. The zero-order valence-corrected chi connectivity index (χ0v) is 11.3. The minimum Gasteiger partial charge on any atom is -0.454 e. The smallest absolute Gasteiger partial charge is 0.231 e. The number of nitrogens with zero attached hydrogens (tertiary/aromatic N) is 1. The Bertz CT molecular complexity index is 850. The number of benzene rings is 2. The number of rotatable bonds is 2. The molecule has 0 amide bonds. The molecule has 0 spiro atoms. The molecule has 0 fully saturated rings. The Morgan fingerprint density at radius 3 is 2.62 bits per heavy atom. The highest BCUT2D eigenvalue weighted by molar-refractivity contribution is 6.15.